The molecule has 2 spiro atoms. The van der Waals surface area contributed by atoms with Gasteiger partial charge in [-0.15, -0.1) is 0 Å². The Morgan fingerprint density at radius 1 is 0.962 bits per heavy atom. The maximum Gasteiger partial charge on any atom is 0.143 e. The second kappa shape index (κ2) is 4.37. The smallest absolute Gasteiger partial charge is 0.143 e. The number of rotatable bonds is 0. The van der Waals surface area contributed by atoms with Crippen LogP contribution in [0.15, 0.2) is 46.1 Å². The highest BCUT2D eigenvalue weighted by Gasteiger charge is 2.66. The normalized spacial score (nSPS) is 44.7. The van der Waals surface area contributed by atoms with E-state index in [1.165, 1.54) is 30.4 Å². The van der Waals surface area contributed by atoms with Gasteiger partial charge >= 0.3 is 0 Å². The fraction of sp³-hybridized carbons (Fsp3) is 0.640. The highest BCUT2D eigenvalue weighted by atomic mass is 16.1. The van der Waals surface area contributed by atoms with E-state index >= 15 is 0 Å². The second-order valence-electron chi connectivity index (χ2n) is 10.7. The van der Waals surface area contributed by atoms with Crippen LogP contribution in [0.1, 0.15) is 78.6 Å². The van der Waals surface area contributed by atoms with Gasteiger partial charge in [-0.1, -0.05) is 48.8 Å². The number of ketones is 1. The first-order valence-corrected chi connectivity index (χ1v) is 10.7. The summed E-state index contributed by atoms with van der Waals surface area (Å²) >= 11 is 0. The molecule has 136 valence electrons. The SMILES string of the molecule is CC1=CCC2(C)C(=C1)C1(CC1)CC1=C2CCC23C(=O)CC[C@]2(C)CC=C13. The van der Waals surface area contributed by atoms with Crippen molar-refractivity contribution in [2.45, 2.75) is 78.6 Å². The van der Waals surface area contributed by atoms with E-state index < -0.39 is 0 Å². The zero-order valence-electron chi connectivity index (χ0n) is 16.5. The van der Waals surface area contributed by atoms with Gasteiger partial charge in [0.2, 0.25) is 0 Å². The van der Waals surface area contributed by atoms with Crippen molar-refractivity contribution in [3.8, 4) is 0 Å². The molecule has 0 heterocycles. The minimum Gasteiger partial charge on any atom is -0.299 e. The molecule has 6 aliphatic rings. The maximum atomic E-state index is 13.2. The van der Waals surface area contributed by atoms with Crippen LogP contribution in [-0.4, -0.2) is 5.78 Å². The molecule has 0 saturated heterocycles. The quantitative estimate of drug-likeness (QED) is 0.508. The van der Waals surface area contributed by atoms with Crippen LogP contribution in [0, 0.1) is 21.7 Å². The Morgan fingerprint density at radius 2 is 1.77 bits per heavy atom. The summed E-state index contributed by atoms with van der Waals surface area (Å²) in [6.07, 6.45) is 17.8. The van der Waals surface area contributed by atoms with Gasteiger partial charge in [-0.25, -0.2) is 0 Å². The molecule has 0 bridgehead atoms. The van der Waals surface area contributed by atoms with Crippen LogP contribution in [0.25, 0.3) is 0 Å². The van der Waals surface area contributed by atoms with Crippen LogP contribution >= 0.6 is 0 Å². The Hall–Kier alpha value is -1.37. The summed E-state index contributed by atoms with van der Waals surface area (Å²) in [5, 5.41) is 0. The van der Waals surface area contributed by atoms with Crippen LogP contribution in [0.2, 0.25) is 0 Å². The van der Waals surface area contributed by atoms with Crippen LogP contribution in [-0.2, 0) is 4.79 Å². The molecule has 0 aromatic rings. The first-order valence-electron chi connectivity index (χ1n) is 10.7. The first-order chi connectivity index (χ1) is 12.3. The van der Waals surface area contributed by atoms with Crippen LogP contribution in [0.3, 0.4) is 0 Å². The predicted octanol–water partition coefficient (Wildman–Crippen LogP) is 6.23. The van der Waals surface area contributed by atoms with Gasteiger partial charge in [-0.05, 0) is 80.3 Å². The molecule has 0 aliphatic heterocycles. The Bertz CT molecular complexity index is 889. The number of hydrogen-bond donors (Lipinski definition) is 0. The number of hydrogen-bond acceptors (Lipinski definition) is 1. The molecular weight excluding hydrogens is 316 g/mol. The molecule has 0 aromatic heterocycles. The summed E-state index contributed by atoms with van der Waals surface area (Å²) in [5.74, 6) is 0.561. The third kappa shape index (κ3) is 1.51. The largest absolute Gasteiger partial charge is 0.299 e. The Morgan fingerprint density at radius 3 is 2.54 bits per heavy atom. The van der Waals surface area contributed by atoms with E-state index in [2.05, 4.69) is 39.0 Å². The summed E-state index contributed by atoms with van der Waals surface area (Å²) in [4.78, 5) is 13.2. The average molecular weight is 347 g/mol. The Kier molecular flexibility index (Phi) is 2.63. The van der Waals surface area contributed by atoms with E-state index in [1.54, 1.807) is 16.7 Å². The zero-order valence-corrected chi connectivity index (χ0v) is 16.5. The average Bonchev–Trinajstić information content (AvgIpc) is 3.25. The summed E-state index contributed by atoms with van der Waals surface area (Å²) in [5.41, 5.74) is 8.75. The minimum absolute atomic E-state index is 0.125. The Labute approximate surface area is 157 Å². The molecule has 2 saturated carbocycles. The summed E-state index contributed by atoms with van der Waals surface area (Å²) in [6, 6.07) is 0. The third-order valence-corrected chi connectivity index (χ3v) is 9.47. The lowest BCUT2D eigenvalue weighted by molar-refractivity contribution is -0.127. The topological polar surface area (TPSA) is 17.1 Å². The van der Waals surface area contributed by atoms with Crippen molar-refractivity contribution in [3.63, 3.8) is 0 Å². The maximum absolute atomic E-state index is 13.2. The molecule has 2 fully saturated rings. The number of carbonyl (C=O) groups is 1. The van der Waals surface area contributed by atoms with Crippen molar-refractivity contribution in [3.05, 3.63) is 46.1 Å². The van der Waals surface area contributed by atoms with Gasteiger partial charge in [-0.3, -0.25) is 4.79 Å². The standard InChI is InChI=1S/C25H30O/c1-16-4-10-23(3)18-6-11-25-19(5-8-22(25,2)9-7-21(25)26)17(18)15-24(12-13-24)20(23)14-16/h4-5,14H,6-13,15H2,1-3H3/t22-,23?,25?/m0/s1. The van der Waals surface area contributed by atoms with Crippen LogP contribution in [0.5, 0.6) is 0 Å². The van der Waals surface area contributed by atoms with E-state index in [1.807, 2.05) is 0 Å². The molecule has 0 aromatic carbocycles. The molecule has 0 amide bonds. The van der Waals surface area contributed by atoms with Gasteiger partial charge in [0.1, 0.15) is 5.78 Å². The molecule has 3 atom stereocenters. The van der Waals surface area contributed by atoms with Crippen molar-refractivity contribution < 1.29 is 4.79 Å². The lowest BCUT2D eigenvalue weighted by atomic mass is 9.50. The molecule has 2 unspecified atom stereocenters. The molecule has 0 radical (unpaired) electrons. The highest BCUT2D eigenvalue weighted by molar-refractivity contribution is 5.94. The van der Waals surface area contributed by atoms with Crippen molar-refractivity contribution in [1.29, 1.82) is 0 Å². The molecule has 1 nitrogen and oxygen atoms in total. The predicted molar refractivity (Wildman–Crippen MR) is 105 cm³/mol. The minimum atomic E-state index is -0.125. The van der Waals surface area contributed by atoms with Crippen molar-refractivity contribution in [2.75, 3.05) is 0 Å². The van der Waals surface area contributed by atoms with Gasteiger partial charge < -0.3 is 0 Å². The third-order valence-electron chi connectivity index (χ3n) is 9.47. The van der Waals surface area contributed by atoms with Gasteiger partial charge in [0, 0.05) is 11.8 Å². The van der Waals surface area contributed by atoms with Gasteiger partial charge in [-0.2, -0.15) is 0 Å². The second-order valence-corrected chi connectivity index (χ2v) is 10.7. The van der Waals surface area contributed by atoms with E-state index in [0.717, 1.165) is 38.5 Å². The van der Waals surface area contributed by atoms with Crippen molar-refractivity contribution >= 4 is 5.78 Å². The van der Waals surface area contributed by atoms with Crippen molar-refractivity contribution in [1.82, 2.24) is 0 Å². The van der Waals surface area contributed by atoms with E-state index in [0.29, 0.717) is 11.2 Å². The lowest BCUT2D eigenvalue weighted by Crippen LogP contribution is -2.45. The number of carbonyl (C=O) groups excluding carboxylic acids is 1. The molecule has 6 aliphatic carbocycles. The van der Waals surface area contributed by atoms with E-state index in [9.17, 15) is 4.79 Å². The monoisotopic (exact) mass is 346 g/mol. The fourth-order valence-electron chi connectivity index (χ4n) is 7.78. The fourth-order valence-corrected chi connectivity index (χ4v) is 7.78. The van der Waals surface area contributed by atoms with Crippen LogP contribution < -0.4 is 0 Å². The molecule has 26 heavy (non-hydrogen) atoms. The lowest BCUT2D eigenvalue weighted by Gasteiger charge is -2.53. The molecule has 6 rings (SSSR count). The summed E-state index contributed by atoms with van der Waals surface area (Å²) in [7, 11) is 0. The summed E-state index contributed by atoms with van der Waals surface area (Å²) in [6.45, 7) is 7.19. The summed E-state index contributed by atoms with van der Waals surface area (Å²) < 4.78 is 0. The Balaban J connectivity index is 1.57. The number of Topliss-reactive ketones (excluding diaryl/α,β-unsaturated/α-hetero) is 1. The van der Waals surface area contributed by atoms with Gasteiger partial charge in [0.25, 0.3) is 0 Å². The zero-order chi connectivity index (χ0) is 17.9. The van der Waals surface area contributed by atoms with E-state index in [-0.39, 0.29) is 16.2 Å². The number of allylic oxidation sites excluding steroid dienone is 8. The van der Waals surface area contributed by atoms with Gasteiger partial charge in [0.05, 0.1) is 5.41 Å². The number of fused-ring (bicyclic) bond motifs is 4. The molecule has 1 heteroatoms. The molecule has 0 N–H and O–H groups in total. The van der Waals surface area contributed by atoms with Gasteiger partial charge in [0.15, 0.2) is 0 Å². The molecular formula is C25H30O. The highest BCUT2D eigenvalue weighted by Crippen LogP contribution is 2.74. The van der Waals surface area contributed by atoms with Crippen LogP contribution in [0.4, 0.5) is 0 Å². The first kappa shape index (κ1) is 15.7. The van der Waals surface area contributed by atoms with Crippen molar-refractivity contribution in [2.24, 2.45) is 21.7 Å². The van der Waals surface area contributed by atoms with E-state index in [4.69, 9.17) is 0 Å².